The number of rotatable bonds is 11. The highest BCUT2D eigenvalue weighted by Crippen LogP contribution is 2.77. The first-order valence-corrected chi connectivity index (χ1v) is 20.1. The van der Waals surface area contributed by atoms with Crippen molar-refractivity contribution >= 4 is 11.9 Å². The largest absolute Gasteiger partial charge is 0.480 e. The molecule has 5 fully saturated rings. The zero-order valence-electron chi connectivity index (χ0n) is 32.5. The van der Waals surface area contributed by atoms with Crippen molar-refractivity contribution in [2.24, 2.45) is 62.6 Å². The summed E-state index contributed by atoms with van der Waals surface area (Å²) >= 11 is 0. The number of hydrogen-bond donors (Lipinski definition) is 3. The summed E-state index contributed by atoms with van der Waals surface area (Å²) in [6.45, 7) is 21.8. The van der Waals surface area contributed by atoms with Crippen molar-refractivity contribution in [3.63, 3.8) is 0 Å². The van der Waals surface area contributed by atoms with Gasteiger partial charge in [-0.05, 0) is 157 Å². The van der Waals surface area contributed by atoms with Crippen molar-refractivity contribution in [2.45, 2.75) is 138 Å². The highest BCUT2D eigenvalue weighted by Gasteiger charge is 2.72. The lowest BCUT2D eigenvalue weighted by Gasteiger charge is -2.72. The van der Waals surface area contributed by atoms with Crippen LogP contribution in [0.4, 0.5) is 4.39 Å². The summed E-state index contributed by atoms with van der Waals surface area (Å²) in [5.41, 5.74) is 1.63. The summed E-state index contributed by atoms with van der Waals surface area (Å²) in [7, 11) is 0. The number of carbonyl (C=O) groups excluding carboxylic acids is 1. The zero-order valence-corrected chi connectivity index (χ0v) is 32.5. The predicted octanol–water partition coefficient (Wildman–Crippen LogP) is 9.00. The molecule has 0 saturated heterocycles. The van der Waals surface area contributed by atoms with Gasteiger partial charge in [0.15, 0.2) is 0 Å². The van der Waals surface area contributed by atoms with E-state index in [-0.39, 0.29) is 57.2 Å². The third-order valence-corrected chi connectivity index (χ3v) is 16.4. The van der Waals surface area contributed by atoms with Gasteiger partial charge in [-0.15, -0.1) is 0 Å². The molecule has 5 aliphatic carbocycles. The number of aliphatic hydroxyl groups is 1. The van der Waals surface area contributed by atoms with E-state index < -0.39 is 17.4 Å². The molecule has 6 rings (SSSR count). The summed E-state index contributed by atoms with van der Waals surface area (Å²) in [6.07, 6.45) is 10.6. The van der Waals surface area contributed by atoms with E-state index in [1.165, 1.54) is 12.1 Å². The van der Waals surface area contributed by atoms with Crippen molar-refractivity contribution in [3.8, 4) is 0 Å². The molecule has 1 aromatic rings. The number of amides is 1. The number of aliphatic hydroxyl groups excluding tert-OH is 1. The minimum absolute atomic E-state index is 0.0228. The maximum atomic E-state index is 14.7. The molecule has 0 spiro atoms. The first kappa shape index (κ1) is 38.5. The van der Waals surface area contributed by atoms with Crippen LogP contribution in [0.1, 0.15) is 125 Å². The second-order valence-electron chi connectivity index (χ2n) is 19.5. The Balaban J connectivity index is 1.29. The van der Waals surface area contributed by atoms with Gasteiger partial charge in [0.05, 0.1) is 24.7 Å². The number of carboxylic acids is 1. The van der Waals surface area contributed by atoms with Gasteiger partial charge in [0.2, 0.25) is 5.91 Å². The van der Waals surface area contributed by atoms with Crippen molar-refractivity contribution in [1.82, 2.24) is 5.32 Å². The highest BCUT2D eigenvalue weighted by molar-refractivity contribution is 5.88. The van der Waals surface area contributed by atoms with Crippen LogP contribution >= 0.6 is 0 Å². The van der Waals surface area contributed by atoms with Crippen LogP contribution in [0, 0.1) is 68.4 Å². The van der Waals surface area contributed by atoms with Crippen molar-refractivity contribution in [2.75, 3.05) is 13.2 Å². The average molecular weight is 708 g/mol. The number of hydrogen-bond acceptors (Lipinski definition) is 4. The van der Waals surface area contributed by atoms with Crippen molar-refractivity contribution < 1.29 is 28.9 Å². The summed E-state index contributed by atoms with van der Waals surface area (Å²) in [4.78, 5) is 27.1. The molecule has 0 radical (unpaired) electrons. The Morgan fingerprint density at radius 1 is 0.922 bits per heavy atom. The van der Waals surface area contributed by atoms with E-state index in [9.17, 15) is 24.2 Å². The minimum atomic E-state index is -0.960. The molecule has 0 heterocycles. The van der Waals surface area contributed by atoms with Crippen LogP contribution in [0.15, 0.2) is 36.4 Å². The fraction of sp³-hybridized carbons (Fsp3) is 0.773. The molecule has 11 atom stereocenters. The molecule has 5 saturated carbocycles. The lowest BCUT2D eigenvalue weighted by molar-refractivity contribution is -0.246. The Hall–Kier alpha value is -2.25. The zero-order chi connectivity index (χ0) is 37.1. The predicted molar refractivity (Wildman–Crippen MR) is 199 cm³/mol. The molecule has 0 aromatic heterocycles. The number of fused-ring (bicyclic) bond motifs is 7. The second-order valence-corrected chi connectivity index (χ2v) is 19.5. The third kappa shape index (κ3) is 6.32. The lowest BCUT2D eigenvalue weighted by atomic mass is 9.32. The Bertz CT molecular complexity index is 1470. The third-order valence-electron chi connectivity index (χ3n) is 16.4. The van der Waals surface area contributed by atoms with Crippen LogP contribution in [0.25, 0.3) is 0 Å². The lowest BCUT2D eigenvalue weighted by Crippen LogP contribution is -2.67. The number of nitrogens with one attached hydrogen (secondary N) is 1. The van der Waals surface area contributed by atoms with E-state index in [1.54, 1.807) is 12.1 Å². The Morgan fingerprint density at radius 3 is 2.29 bits per heavy atom. The molecule has 7 heteroatoms. The average Bonchev–Trinajstić information content (AvgIpc) is 3.47. The van der Waals surface area contributed by atoms with E-state index in [1.807, 2.05) is 13.8 Å². The van der Waals surface area contributed by atoms with Crippen LogP contribution in [0.3, 0.4) is 0 Å². The molecule has 3 N–H and O–H groups in total. The SMILES string of the molecule is C=C(COCCc1ccc(F)cc1)[C@@H]1CC[C@]2(C(=O)NC(CC(C)C)C(=O)O)CC[C@]3(C)C(CCC4[C@@]5(C)CC[C@H](O)C(C)(C)C5CC[C@]43C)C12. The molecule has 5 aliphatic rings. The Morgan fingerprint density at radius 2 is 1.63 bits per heavy atom. The summed E-state index contributed by atoms with van der Waals surface area (Å²) in [5.74, 6) is 0.429. The van der Waals surface area contributed by atoms with Crippen molar-refractivity contribution in [3.05, 3.63) is 47.8 Å². The molecule has 6 nitrogen and oxygen atoms in total. The molecular weight excluding hydrogens is 641 g/mol. The molecule has 284 valence electrons. The fourth-order valence-electron chi connectivity index (χ4n) is 13.6. The number of halogens is 1. The maximum Gasteiger partial charge on any atom is 0.326 e. The number of benzene rings is 1. The molecule has 0 bridgehead atoms. The van der Waals surface area contributed by atoms with Gasteiger partial charge in [0.1, 0.15) is 11.9 Å². The number of ether oxygens (including phenoxy) is 1. The fourth-order valence-corrected chi connectivity index (χ4v) is 13.6. The second kappa shape index (κ2) is 13.9. The number of carboxylic acid groups (broad SMARTS) is 1. The van der Waals surface area contributed by atoms with Gasteiger partial charge in [-0.1, -0.05) is 67.2 Å². The number of aliphatic carboxylic acids is 1. The Kier molecular flexibility index (Phi) is 10.5. The van der Waals surface area contributed by atoms with Crippen molar-refractivity contribution in [1.29, 1.82) is 0 Å². The summed E-state index contributed by atoms with van der Waals surface area (Å²) in [6, 6.07) is 5.66. The Labute approximate surface area is 306 Å². The maximum absolute atomic E-state index is 14.7. The van der Waals surface area contributed by atoms with Crippen LogP contribution in [-0.4, -0.2) is 47.4 Å². The monoisotopic (exact) mass is 707 g/mol. The molecule has 1 aromatic carbocycles. The van der Waals surface area contributed by atoms with Gasteiger partial charge in [0.25, 0.3) is 0 Å². The first-order chi connectivity index (χ1) is 23.9. The topological polar surface area (TPSA) is 95.9 Å². The van der Waals surface area contributed by atoms with Crippen LogP contribution in [-0.2, 0) is 20.7 Å². The van der Waals surface area contributed by atoms with Gasteiger partial charge >= 0.3 is 5.97 Å². The van der Waals surface area contributed by atoms with E-state index in [0.717, 1.165) is 75.3 Å². The first-order valence-electron chi connectivity index (χ1n) is 20.1. The van der Waals surface area contributed by atoms with Crippen LogP contribution < -0.4 is 5.32 Å². The van der Waals surface area contributed by atoms with Gasteiger partial charge in [-0.2, -0.15) is 0 Å². The van der Waals surface area contributed by atoms with E-state index in [4.69, 9.17) is 4.74 Å². The van der Waals surface area contributed by atoms with E-state index >= 15 is 0 Å². The minimum Gasteiger partial charge on any atom is -0.480 e. The molecular formula is C44H66FNO5. The molecule has 0 aliphatic heterocycles. The summed E-state index contributed by atoms with van der Waals surface area (Å²) in [5, 5.41) is 24.4. The molecule has 5 unspecified atom stereocenters. The molecule has 51 heavy (non-hydrogen) atoms. The normalized spacial score (nSPS) is 40.4. The van der Waals surface area contributed by atoms with Crippen LogP contribution in [0.5, 0.6) is 0 Å². The standard InChI is InChI=1S/C44H66FNO5/c1-27(2)25-33(38(48)49)46-39(50)44-21-15-31(28(3)26-51-24-18-29-9-11-30(45)12-10-29)37(44)32-13-14-35-41(6)19-17-36(47)40(4,5)34(41)16-20-43(35,8)42(32,7)22-23-44/h9-12,27,31-37,47H,3,13-26H2,1-2,4-8H3,(H,46,50)(H,48,49)/t31-,32?,33?,34?,35?,36-,37?,41-,42+,43+,44-/m0/s1. The van der Waals surface area contributed by atoms with E-state index in [2.05, 4.69) is 46.5 Å². The van der Waals surface area contributed by atoms with Gasteiger partial charge in [-0.25, -0.2) is 9.18 Å². The van der Waals surface area contributed by atoms with Gasteiger partial charge in [0, 0.05) is 0 Å². The number of carbonyl (C=O) groups is 2. The van der Waals surface area contributed by atoms with E-state index in [0.29, 0.717) is 43.8 Å². The molecule has 1 amide bonds. The van der Waals surface area contributed by atoms with Gasteiger partial charge < -0.3 is 20.3 Å². The summed E-state index contributed by atoms with van der Waals surface area (Å²) < 4.78 is 19.7. The highest BCUT2D eigenvalue weighted by atomic mass is 19.1. The van der Waals surface area contributed by atoms with Crippen LogP contribution in [0.2, 0.25) is 0 Å². The smallest absolute Gasteiger partial charge is 0.326 e. The quantitative estimate of drug-likeness (QED) is 0.158. The van der Waals surface area contributed by atoms with Gasteiger partial charge in [-0.3, -0.25) is 4.79 Å².